The number of phosphoric ester groups is 1. The van der Waals surface area contributed by atoms with E-state index in [9.17, 15) is 29.4 Å². The fourth-order valence-electron chi connectivity index (χ4n) is 1.35. The van der Waals surface area contributed by atoms with Gasteiger partial charge >= 0.3 is 13.8 Å². The Bertz CT molecular complexity index is 319. The summed E-state index contributed by atoms with van der Waals surface area (Å²) in [4.78, 5) is 16.9. The number of aliphatic hydroxyl groups is 4. The zero-order chi connectivity index (χ0) is 13.4. The first kappa shape index (κ1) is 14.9. The minimum Gasteiger partial charge on any atom is -0.387 e. The van der Waals surface area contributed by atoms with Crippen LogP contribution in [-0.4, -0.2) is 67.3 Å². The Hall–Kier alpha value is -0.160. The molecule has 1 aliphatic heterocycles. The van der Waals surface area contributed by atoms with E-state index in [1.165, 1.54) is 0 Å². The summed E-state index contributed by atoms with van der Waals surface area (Å²) in [5.41, 5.74) is 0. The molecule has 0 spiro atoms. The van der Waals surface area contributed by atoms with Crippen molar-refractivity contribution in [1.29, 1.82) is 0 Å². The number of halogens is 1. The maximum absolute atomic E-state index is 12.4. The second-order valence-corrected chi connectivity index (χ2v) is 4.61. The van der Waals surface area contributed by atoms with Crippen LogP contribution in [0.3, 0.4) is 0 Å². The van der Waals surface area contributed by atoms with Crippen molar-refractivity contribution in [1.82, 2.24) is 0 Å². The molecule has 1 fully saturated rings. The van der Waals surface area contributed by atoms with E-state index in [0.717, 1.165) is 0 Å². The Balaban J connectivity index is 2.95. The molecule has 17 heavy (non-hydrogen) atoms. The number of rotatable bonds is 3. The average Bonchev–Trinajstić information content (AvgIpc) is 2.18. The summed E-state index contributed by atoms with van der Waals surface area (Å²) in [5, 5.41) is 37.2. The zero-order valence-electron chi connectivity index (χ0n) is 8.25. The van der Waals surface area contributed by atoms with Gasteiger partial charge in [-0.25, -0.2) is 13.5 Å². The fraction of sp³-hybridized carbons (Fsp3) is 1.00. The van der Waals surface area contributed by atoms with E-state index in [-0.39, 0.29) is 0 Å². The molecule has 9 nitrogen and oxygen atoms in total. The lowest BCUT2D eigenvalue weighted by molar-refractivity contribution is -0.424. The summed E-state index contributed by atoms with van der Waals surface area (Å²) < 4.78 is 30.9. The largest absolute Gasteiger partial charge is 0.474 e. The summed E-state index contributed by atoms with van der Waals surface area (Å²) in [6.45, 7) is -1.38. The second-order valence-electron chi connectivity index (χ2n) is 3.45. The highest BCUT2D eigenvalue weighted by Gasteiger charge is 2.56. The van der Waals surface area contributed by atoms with Gasteiger partial charge in [-0.1, -0.05) is 0 Å². The lowest BCUT2D eigenvalue weighted by Crippen LogP contribution is -2.65. The Kier molecular flexibility index (Phi) is 4.24. The van der Waals surface area contributed by atoms with Gasteiger partial charge in [0.25, 0.3) is 0 Å². The normalized spacial score (nSPS) is 43.7. The average molecular weight is 278 g/mol. The predicted molar refractivity (Wildman–Crippen MR) is 46.9 cm³/mol. The van der Waals surface area contributed by atoms with Crippen molar-refractivity contribution >= 4 is 7.82 Å². The third kappa shape index (κ3) is 3.19. The molecule has 102 valence electrons. The van der Waals surface area contributed by atoms with Crippen LogP contribution >= 0.6 is 7.82 Å². The van der Waals surface area contributed by atoms with Crippen LogP contribution in [0.4, 0.5) is 4.39 Å². The van der Waals surface area contributed by atoms with Gasteiger partial charge in [0.1, 0.15) is 25.0 Å². The molecule has 0 unspecified atom stereocenters. The Morgan fingerprint density at radius 3 is 2.24 bits per heavy atom. The van der Waals surface area contributed by atoms with Crippen molar-refractivity contribution in [3.8, 4) is 0 Å². The lowest BCUT2D eigenvalue weighted by Gasteiger charge is -2.43. The van der Waals surface area contributed by atoms with Crippen molar-refractivity contribution in [2.24, 2.45) is 0 Å². The molecule has 5 atom stereocenters. The van der Waals surface area contributed by atoms with Crippen LogP contribution in [0.1, 0.15) is 0 Å². The number of ether oxygens (including phenoxy) is 1. The van der Waals surface area contributed by atoms with Crippen LogP contribution in [0.15, 0.2) is 0 Å². The Morgan fingerprint density at radius 2 is 1.82 bits per heavy atom. The highest BCUT2D eigenvalue weighted by molar-refractivity contribution is 7.46. The van der Waals surface area contributed by atoms with Crippen LogP contribution in [0, 0.1) is 0 Å². The molecule has 1 saturated heterocycles. The van der Waals surface area contributed by atoms with Crippen LogP contribution in [0.25, 0.3) is 0 Å². The van der Waals surface area contributed by atoms with E-state index < -0.39 is 44.9 Å². The van der Waals surface area contributed by atoms with E-state index in [0.29, 0.717) is 0 Å². The van der Waals surface area contributed by atoms with Gasteiger partial charge < -0.3 is 34.9 Å². The van der Waals surface area contributed by atoms with Gasteiger partial charge in [0.2, 0.25) is 0 Å². The molecule has 0 aromatic heterocycles. The quantitative estimate of drug-likeness (QED) is 0.237. The molecule has 0 aromatic carbocycles. The van der Waals surface area contributed by atoms with Crippen molar-refractivity contribution in [3.63, 3.8) is 0 Å². The molecule has 0 aromatic rings. The van der Waals surface area contributed by atoms with Gasteiger partial charge in [0.05, 0.1) is 0 Å². The molecule has 1 rings (SSSR count). The number of hydrogen-bond donors (Lipinski definition) is 6. The third-order valence-corrected chi connectivity index (χ3v) is 2.65. The molecular weight excluding hydrogens is 266 g/mol. The molecule has 0 aliphatic carbocycles. The smallest absolute Gasteiger partial charge is 0.387 e. The predicted octanol–water partition coefficient (Wildman–Crippen LogP) is -2.81. The van der Waals surface area contributed by atoms with Crippen LogP contribution in [-0.2, 0) is 13.8 Å². The molecule has 11 heteroatoms. The van der Waals surface area contributed by atoms with Gasteiger partial charge in [0.15, 0.2) is 6.10 Å². The number of alkyl halides is 1. The summed E-state index contributed by atoms with van der Waals surface area (Å²) >= 11 is 0. The van der Waals surface area contributed by atoms with Gasteiger partial charge in [-0.15, -0.1) is 0 Å². The van der Waals surface area contributed by atoms with E-state index in [4.69, 9.17) is 9.79 Å². The van der Waals surface area contributed by atoms with Gasteiger partial charge in [0, 0.05) is 0 Å². The van der Waals surface area contributed by atoms with Crippen molar-refractivity contribution in [2.75, 3.05) is 6.67 Å². The fourth-order valence-corrected chi connectivity index (χ4v) is 1.84. The summed E-state index contributed by atoms with van der Waals surface area (Å²) in [6, 6.07) is 0. The maximum Gasteiger partial charge on any atom is 0.474 e. The summed E-state index contributed by atoms with van der Waals surface area (Å²) in [7, 11) is -5.27. The highest BCUT2D eigenvalue weighted by atomic mass is 31.2. The minimum absolute atomic E-state index is 1.38. The molecule has 0 amide bonds. The molecule has 6 N–H and O–H groups in total. The Morgan fingerprint density at radius 1 is 1.29 bits per heavy atom. The van der Waals surface area contributed by atoms with Gasteiger partial charge in [-0.2, -0.15) is 0 Å². The van der Waals surface area contributed by atoms with Crippen molar-refractivity contribution in [2.45, 2.75) is 30.4 Å². The topological polar surface area (TPSA) is 157 Å². The first-order chi connectivity index (χ1) is 7.60. The molecular formula is C6H12FO9P. The lowest BCUT2D eigenvalue weighted by atomic mass is 9.98. The minimum atomic E-state index is -5.27. The molecule has 0 saturated carbocycles. The van der Waals surface area contributed by atoms with E-state index in [1.54, 1.807) is 0 Å². The maximum atomic E-state index is 12.4. The van der Waals surface area contributed by atoms with Gasteiger partial charge in [-0.3, -0.25) is 0 Å². The van der Waals surface area contributed by atoms with Crippen molar-refractivity contribution in [3.05, 3.63) is 0 Å². The SMILES string of the molecule is O=P(O)(O)O[C@@]1(O)O[C@H](CF)[C@H](O)[C@H](O)[C@H]1O. The molecule has 0 bridgehead atoms. The van der Waals surface area contributed by atoms with Crippen molar-refractivity contribution < 1.29 is 48.4 Å². The summed E-state index contributed by atoms with van der Waals surface area (Å²) in [5.74, 6) is -3.31. The number of aliphatic hydroxyl groups excluding tert-OH is 3. The van der Waals surface area contributed by atoms with Gasteiger partial charge in [-0.05, 0) is 0 Å². The van der Waals surface area contributed by atoms with Crippen LogP contribution < -0.4 is 0 Å². The zero-order valence-corrected chi connectivity index (χ0v) is 9.14. The number of hydrogen-bond acceptors (Lipinski definition) is 7. The summed E-state index contributed by atoms with van der Waals surface area (Å²) in [6.07, 6.45) is -8.16. The molecule has 0 radical (unpaired) electrons. The number of phosphoric acid groups is 1. The highest BCUT2D eigenvalue weighted by Crippen LogP contribution is 2.44. The first-order valence-corrected chi connectivity index (χ1v) is 5.90. The standard InChI is InChI=1S/C6H12FO9P/c7-1-2-3(8)4(9)5(10)6(11,15-2)16-17(12,13)14/h2-5,8-11H,1H2,(H2,12,13,14)/t2-,3+,4+,5-,6+/m1/s1. The molecule has 1 heterocycles. The monoisotopic (exact) mass is 278 g/mol. The van der Waals surface area contributed by atoms with E-state index >= 15 is 0 Å². The van der Waals surface area contributed by atoms with Crippen LogP contribution in [0.2, 0.25) is 0 Å². The van der Waals surface area contributed by atoms with E-state index in [2.05, 4.69) is 9.26 Å². The van der Waals surface area contributed by atoms with Crippen LogP contribution in [0.5, 0.6) is 0 Å². The molecule has 1 aliphatic rings. The third-order valence-electron chi connectivity index (χ3n) is 2.15. The Labute approximate surface area is 94.3 Å². The second kappa shape index (κ2) is 4.84. The first-order valence-electron chi connectivity index (χ1n) is 4.37. The van der Waals surface area contributed by atoms with E-state index in [1.807, 2.05) is 0 Å².